The standard InChI is InChI=1S/C16H21N5OS/c1-11-8-14(18-9-17-11)20(3)13-4-6-21(7-5-13)16(22)15-12(2)19-10-23-15/h8-10,13H,4-7H2,1-3H3. The molecule has 23 heavy (non-hydrogen) atoms. The Hall–Kier alpha value is -2.02. The summed E-state index contributed by atoms with van der Waals surface area (Å²) in [6.07, 6.45) is 3.50. The summed E-state index contributed by atoms with van der Waals surface area (Å²) in [6, 6.07) is 2.40. The maximum atomic E-state index is 12.5. The van der Waals surface area contributed by atoms with E-state index in [1.54, 1.807) is 11.8 Å². The van der Waals surface area contributed by atoms with Gasteiger partial charge in [-0.25, -0.2) is 15.0 Å². The summed E-state index contributed by atoms with van der Waals surface area (Å²) in [6.45, 7) is 5.41. The number of amides is 1. The summed E-state index contributed by atoms with van der Waals surface area (Å²) < 4.78 is 0. The second-order valence-corrected chi connectivity index (χ2v) is 6.77. The van der Waals surface area contributed by atoms with Crippen LogP contribution in [0, 0.1) is 13.8 Å². The van der Waals surface area contributed by atoms with E-state index < -0.39 is 0 Å². The van der Waals surface area contributed by atoms with Gasteiger partial charge in [0.25, 0.3) is 5.91 Å². The molecule has 1 saturated heterocycles. The molecule has 2 aromatic rings. The maximum absolute atomic E-state index is 12.5. The molecule has 1 aliphatic rings. The zero-order chi connectivity index (χ0) is 16.4. The lowest BCUT2D eigenvalue weighted by Crippen LogP contribution is -2.45. The molecule has 0 atom stereocenters. The molecule has 0 saturated carbocycles. The molecule has 0 aliphatic carbocycles. The summed E-state index contributed by atoms with van der Waals surface area (Å²) >= 11 is 1.43. The molecule has 1 amide bonds. The van der Waals surface area contributed by atoms with Gasteiger partial charge in [0, 0.05) is 37.9 Å². The lowest BCUT2D eigenvalue weighted by molar-refractivity contribution is 0.0717. The molecule has 7 heteroatoms. The van der Waals surface area contributed by atoms with Gasteiger partial charge in [-0.15, -0.1) is 11.3 Å². The lowest BCUT2D eigenvalue weighted by Gasteiger charge is -2.37. The van der Waals surface area contributed by atoms with E-state index in [2.05, 4.69) is 26.9 Å². The zero-order valence-corrected chi connectivity index (χ0v) is 14.5. The smallest absolute Gasteiger partial charge is 0.265 e. The predicted octanol–water partition coefficient (Wildman–Crippen LogP) is 2.29. The van der Waals surface area contributed by atoms with E-state index in [0.29, 0.717) is 6.04 Å². The molecule has 122 valence electrons. The van der Waals surface area contributed by atoms with Crippen LogP contribution in [-0.4, -0.2) is 51.9 Å². The number of nitrogens with zero attached hydrogens (tertiary/aromatic N) is 5. The topological polar surface area (TPSA) is 62.2 Å². The summed E-state index contributed by atoms with van der Waals surface area (Å²) in [5, 5.41) is 0. The van der Waals surface area contributed by atoms with E-state index >= 15 is 0 Å². The van der Waals surface area contributed by atoms with E-state index in [0.717, 1.165) is 48.0 Å². The van der Waals surface area contributed by atoms with Gasteiger partial charge in [0.1, 0.15) is 17.0 Å². The molecular weight excluding hydrogens is 310 g/mol. The number of carbonyl (C=O) groups excluding carboxylic acids is 1. The Labute approximate surface area is 140 Å². The number of aryl methyl sites for hydroxylation is 2. The van der Waals surface area contributed by atoms with E-state index in [9.17, 15) is 4.79 Å². The highest BCUT2D eigenvalue weighted by Gasteiger charge is 2.27. The van der Waals surface area contributed by atoms with Crippen LogP contribution in [0.1, 0.15) is 33.9 Å². The number of rotatable bonds is 3. The molecule has 2 aromatic heterocycles. The van der Waals surface area contributed by atoms with Gasteiger partial charge in [0.2, 0.25) is 0 Å². The molecule has 0 N–H and O–H groups in total. The highest BCUT2D eigenvalue weighted by atomic mass is 32.1. The largest absolute Gasteiger partial charge is 0.356 e. The van der Waals surface area contributed by atoms with Gasteiger partial charge >= 0.3 is 0 Å². The number of aromatic nitrogens is 3. The van der Waals surface area contributed by atoms with Crippen molar-refractivity contribution in [3.63, 3.8) is 0 Å². The van der Waals surface area contributed by atoms with Crippen molar-refractivity contribution in [3.05, 3.63) is 34.2 Å². The van der Waals surface area contributed by atoms with E-state index in [1.165, 1.54) is 11.3 Å². The first-order chi connectivity index (χ1) is 11.1. The van der Waals surface area contributed by atoms with Gasteiger partial charge < -0.3 is 9.80 Å². The van der Waals surface area contributed by atoms with Gasteiger partial charge in [0.05, 0.1) is 11.2 Å². The quantitative estimate of drug-likeness (QED) is 0.863. The first-order valence-electron chi connectivity index (χ1n) is 7.77. The first kappa shape index (κ1) is 15.9. The minimum Gasteiger partial charge on any atom is -0.356 e. The molecule has 1 aliphatic heterocycles. The van der Waals surface area contributed by atoms with Crippen molar-refractivity contribution < 1.29 is 4.79 Å². The summed E-state index contributed by atoms with van der Waals surface area (Å²) in [4.78, 5) is 30.1. The number of hydrogen-bond donors (Lipinski definition) is 0. The number of anilines is 1. The summed E-state index contributed by atoms with van der Waals surface area (Å²) in [5.74, 6) is 1.06. The van der Waals surface area contributed by atoms with Gasteiger partial charge in [0.15, 0.2) is 0 Å². The van der Waals surface area contributed by atoms with Crippen molar-refractivity contribution in [1.29, 1.82) is 0 Å². The number of likely N-dealkylation sites (tertiary alicyclic amines) is 1. The predicted molar refractivity (Wildman–Crippen MR) is 90.9 cm³/mol. The molecule has 3 heterocycles. The molecule has 0 aromatic carbocycles. The highest BCUT2D eigenvalue weighted by Crippen LogP contribution is 2.23. The summed E-state index contributed by atoms with van der Waals surface area (Å²) in [5.41, 5.74) is 3.53. The Morgan fingerprint density at radius 3 is 2.61 bits per heavy atom. The van der Waals surface area contributed by atoms with Gasteiger partial charge in [-0.05, 0) is 26.7 Å². The molecule has 6 nitrogen and oxygen atoms in total. The fraction of sp³-hybridized carbons (Fsp3) is 0.500. The molecule has 0 radical (unpaired) electrons. The second kappa shape index (κ2) is 6.62. The molecule has 3 rings (SSSR count). The summed E-state index contributed by atoms with van der Waals surface area (Å²) in [7, 11) is 2.07. The second-order valence-electron chi connectivity index (χ2n) is 5.92. The molecule has 0 bridgehead atoms. The van der Waals surface area contributed by atoms with Crippen LogP contribution in [0.2, 0.25) is 0 Å². The van der Waals surface area contributed by atoms with Crippen LogP contribution in [0.3, 0.4) is 0 Å². The van der Waals surface area contributed by atoms with E-state index in [-0.39, 0.29) is 5.91 Å². The van der Waals surface area contributed by atoms with Crippen LogP contribution in [0.15, 0.2) is 17.9 Å². The van der Waals surface area contributed by atoms with Crippen LogP contribution < -0.4 is 4.90 Å². The van der Waals surface area contributed by atoms with Gasteiger partial charge in [-0.1, -0.05) is 0 Å². The van der Waals surface area contributed by atoms with Gasteiger partial charge in [-0.3, -0.25) is 4.79 Å². The van der Waals surface area contributed by atoms with Crippen molar-refractivity contribution >= 4 is 23.1 Å². The molecular formula is C16H21N5OS. The maximum Gasteiger partial charge on any atom is 0.265 e. The average molecular weight is 331 g/mol. The number of hydrogen-bond acceptors (Lipinski definition) is 6. The fourth-order valence-electron chi connectivity index (χ4n) is 2.93. The Kier molecular flexibility index (Phi) is 4.56. The minimum atomic E-state index is 0.115. The monoisotopic (exact) mass is 331 g/mol. The lowest BCUT2D eigenvalue weighted by atomic mass is 10.0. The van der Waals surface area contributed by atoms with Crippen LogP contribution >= 0.6 is 11.3 Å². The first-order valence-corrected chi connectivity index (χ1v) is 8.65. The SMILES string of the molecule is Cc1cc(N(C)C2CCN(C(=O)c3scnc3C)CC2)ncn1. The van der Waals surface area contributed by atoms with E-state index in [4.69, 9.17) is 0 Å². The normalized spacial score (nSPS) is 15.7. The van der Waals surface area contributed by atoms with Crippen molar-refractivity contribution in [2.75, 3.05) is 25.0 Å². The van der Waals surface area contributed by atoms with Crippen LogP contribution in [0.25, 0.3) is 0 Å². The van der Waals surface area contributed by atoms with E-state index in [1.807, 2.05) is 24.8 Å². The van der Waals surface area contributed by atoms with Crippen molar-refractivity contribution in [2.45, 2.75) is 32.7 Å². The molecule has 0 unspecified atom stereocenters. The number of piperidine rings is 1. The number of thiazole rings is 1. The minimum absolute atomic E-state index is 0.115. The van der Waals surface area contributed by atoms with Crippen molar-refractivity contribution in [2.24, 2.45) is 0 Å². The van der Waals surface area contributed by atoms with Crippen molar-refractivity contribution in [3.8, 4) is 0 Å². The van der Waals surface area contributed by atoms with Crippen LogP contribution in [0.5, 0.6) is 0 Å². The molecule has 0 spiro atoms. The average Bonchev–Trinajstić information content (AvgIpc) is 3.00. The molecule has 1 fully saturated rings. The Morgan fingerprint density at radius 2 is 2.00 bits per heavy atom. The number of carbonyl (C=O) groups is 1. The highest BCUT2D eigenvalue weighted by molar-refractivity contribution is 7.11. The Morgan fingerprint density at radius 1 is 1.26 bits per heavy atom. The van der Waals surface area contributed by atoms with Crippen LogP contribution in [-0.2, 0) is 0 Å². The van der Waals surface area contributed by atoms with Crippen molar-refractivity contribution in [1.82, 2.24) is 19.9 Å². The third-order valence-corrected chi connectivity index (χ3v) is 5.31. The third kappa shape index (κ3) is 3.34. The zero-order valence-electron chi connectivity index (χ0n) is 13.7. The Bertz CT molecular complexity index is 693. The fourth-order valence-corrected chi connectivity index (χ4v) is 3.70. The van der Waals surface area contributed by atoms with Crippen LogP contribution in [0.4, 0.5) is 5.82 Å². The van der Waals surface area contributed by atoms with Gasteiger partial charge in [-0.2, -0.15) is 0 Å². The Balaban J connectivity index is 1.62. The third-order valence-electron chi connectivity index (χ3n) is 4.39.